The van der Waals surface area contributed by atoms with Gasteiger partial charge in [0.25, 0.3) is 0 Å². The summed E-state index contributed by atoms with van der Waals surface area (Å²) in [4.78, 5) is 0.298. The molecule has 2 saturated heterocycles. The van der Waals surface area contributed by atoms with Crippen LogP contribution in [-0.2, 0) is 14.8 Å². The smallest absolute Gasteiger partial charge is 0.243 e. The number of rotatable bonds is 2. The lowest BCUT2D eigenvalue weighted by Gasteiger charge is -2.32. The Morgan fingerprint density at radius 2 is 2.00 bits per heavy atom. The second-order valence-electron chi connectivity index (χ2n) is 7.06. The number of benzene rings is 1. The van der Waals surface area contributed by atoms with Gasteiger partial charge < -0.3 is 4.74 Å². The number of ether oxygens (including phenoxy) is 1. The van der Waals surface area contributed by atoms with Crippen LogP contribution in [-0.4, -0.2) is 37.0 Å². The topological polar surface area (TPSA) is 73.7 Å². The van der Waals surface area contributed by atoms with Gasteiger partial charge in [-0.3, -0.25) is 0 Å². The van der Waals surface area contributed by atoms with Crippen molar-refractivity contribution in [1.82, 2.24) is 4.31 Å². The quantitative estimate of drug-likeness (QED) is 0.777. The first-order valence-electron chi connectivity index (χ1n) is 8.08. The number of hydrogen-bond acceptors (Lipinski definition) is 4. The predicted octanol–water partition coefficient (Wildman–Crippen LogP) is 2.08. The van der Waals surface area contributed by atoms with Crippen molar-refractivity contribution in [3.63, 3.8) is 0 Å². The lowest BCUT2D eigenvalue weighted by molar-refractivity contribution is 0.204. The highest BCUT2D eigenvalue weighted by atomic mass is 32.2. The third-order valence-electron chi connectivity index (χ3n) is 5.68. The number of sulfonamides is 1. The number of aryl methyl sites for hydroxylation is 1. The van der Waals surface area contributed by atoms with Crippen LogP contribution in [0.25, 0.3) is 0 Å². The molecule has 2 aliphatic heterocycles. The van der Waals surface area contributed by atoms with Crippen molar-refractivity contribution in [2.75, 3.05) is 6.54 Å². The molecule has 5 atom stereocenters. The van der Waals surface area contributed by atoms with Crippen LogP contribution >= 0.6 is 0 Å². The summed E-state index contributed by atoms with van der Waals surface area (Å²) in [6.45, 7) is 4.47. The van der Waals surface area contributed by atoms with Gasteiger partial charge in [-0.05, 0) is 43.7 Å². The average Bonchev–Trinajstić information content (AvgIpc) is 3.17. The van der Waals surface area contributed by atoms with Crippen LogP contribution in [0.15, 0.2) is 29.2 Å². The lowest BCUT2D eigenvalue weighted by Crippen LogP contribution is -2.50. The number of hydrogen-bond donors (Lipinski definition) is 0. The number of fused-ring (bicyclic) bond motifs is 3. The second kappa shape index (κ2) is 4.79. The molecule has 1 aromatic rings. The normalized spacial score (nSPS) is 39.3. The Morgan fingerprint density at radius 3 is 2.65 bits per heavy atom. The Labute approximate surface area is 136 Å². The SMILES string of the molecule is Cc1ccc(S(=O)(=O)N2C[C@@H](C)[C@H]3CC[C@@H]4O[C@]4(C#N)[C@H]32)cc1. The summed E-state index contributed by atoms with van der Waals surface area (Å²) < 4.78 is 33.5. The maximum atomic E-state index is 13.1. The maximum Gasteiger partial charge on any atom is 0.243 e. The van der Waals surface area contributed by atoms with E-state index < -0.39 is 15.6 Å². The fraction of sp³-hybridized carbons (Fsp3) is 0.588. The van der Waals surface area contributed by atoms with E-state index >= 15 is 0 Å². The molecule has 122 valence electrons. The molecule has 3 aliphatic rings. The first-order chi connectivity index (χ1) is 10.9. The fourth-order valence-corrected chi connectivity index (χ4v) is 6.16. The molecule has 0 bridgehead atoms. The maximum absolute atomic E-state index is 13.1. The molecule has 1 aromatic carbocycles. The highest BCUT2D eigenvalue weighted by Gasteiger charge is 2.71. The van der Waals surface area contributed by atoms with Crippen LogP contribution in [0.2, 0.25) is 0 Å². The third kappa shape index (κ3) is 2.00. The predicted molar refractivity (Wildman–Crippen MR) is 84.0 cm³/mol. The zero-order valence-electron chi connectivity index (χ0n) is 13.3. The molecular formula is C17H20N2O3S. The molecule has 1 saturated carbocycles. The molecule has 6 heteroatoms. The minimum Gasteiger partial charge on any atom is -0.348 e. The molecular weight excluding hydrogens is 312 g/mol. The molecule has 2 heterocycles. The standard InChI is InChI=1S/C17H20N2O3S/c1-11-3-5-13(6-4-11)23(20,21)19-9-12(2)14-7-8-15-17(10-18,22-15)16(14)19/h3-6,12,14-16H,7-9H2,1-2H3/t12-,14-,15+,16+,17+/m1/s1. The Kier molecular flexibility index (Phi) is 3.15. The molecule has 0 spiro atoms. The van der Waals surface area contributed by atoms with Gasteiger partial charge in [-0.15, -0.1) is 0 Å². The fourth-order valence-electron chi connectivity index (χ4n) is 4.37. The molecule has 0 unspecified atom stereocenters. The van der Waals surface area contributed by atoms with Crippen LogP contribution < -0.4 is 0 Å². The number of epoxide rings is 1. The van der Waals surface area contributed by atoms with Crippen LogP contribution in [0.4, 0.5) is 0 Å². The van der Waals surface area contributed by atoms with E-state index in [1.165, 1.54) is 4.31 Å². The first-order valence-corrected chi connectivity index (χ1v) is 9.52. The Hall–Kier alpha value is -1.42. The molecule has 0 radical (unpaired) electrons. The van der Waals surface area contributed by atoms with Gasteiger partial charge in [0.05, 0.1) is 10.9 Å². The number of nitrogens with zero attached hydrogens (tertiary/aromatic N) is 2. The monoisotopic (exact) mass is 332 g/mol. The van der Waals surface area contributed by atoms with Gasteiger partial charge in [0.15, 0.2) is 5.60 Å². The molecule has 1 aliphatic carbocycles. The van der Waals surface area contributed by atoms with Gasteiger partial charge in [0.1, 0.15) is 12.2 Å². The molecule has 0 aromatic heterocycles. The van der Waals surface area contributed by atoms with Gasteiger partial charge in [0.2, 0.25) is 10.0 Å². The summed E-state index contributed by atoms with van der Waals surface area (Å²) >= 11 is 0. The van der Waals surface area contributed by atoms with E-state index in [4.69, 9.17) is 4.74 Å². The molecule has 23 heavy (non-hydrogen) atoms. The Bertz CT molecular complexity index is 783. The van der Waals surface area contributed by atoms with Gasteiger partial charge in [-0.2, -0.15) is 9.57 Å². The van der Waals surface area contributed by atoms with E-state index in [2.05, 4.69) is 13.0 Å². The summed E-state index contributed by atoms with van der Waals surface area (Å²) in [7, 11) is -3.61. The van der Waals surface area contributed by atoms with Crippen molar-refractivity contribution in [3.05, 3.63) is 29.8 Å². The highest BCUT2D eigenvalue weighted by Crippen LogP contribution is 2.56. The molecule has 5 nitrogen and oxygen atoms in total. The van der Waals surface area contributed by atoms with Crippen molar-refractivity contribution < 1.29 is 13.2 Å². The minimum atomic E-state index is -3.61. The Morgan fingerprint density at radius 1 is 1.30 bits per heavy atom. The summed E-state index contributed by atoms with van der Waals surface area (Å²) in [5.41, 5.74) is 0.0965. The van der Waals surface area contributed by atoms with Crippen molar-refractivity contribution in [2.24, 2.45) is 11.8 Å². The number of nitriles is 1. The third-order valence-corrected chi connectivity index (χ3v) is 7.54. The van der Waals surface area contributed by atoms with Crippen LogP contribution in [0.3, 0.4) is 0 Å². The molecule has 0 amide bonds. The van der Waals surface area contributed by atoms with Crippen LogP contribution in [0.5, 0.6) is 0 Å². The van der Waals surface area contributed by atoms with Gasteiger partial charge in [-0.1, -0.05) is 24.6 Å². The largest absolute Gasteiger partial charge is 0.348 e. The molecule has 4 rings (SSSR count). The summed E-state index contributed by atoms with van der Waals surface area (Å²) in [6.07, 6.45) is 1.69. The van der Waals surface area contributed by atoms with E-state index in [9.17, 15) is 13.7 Å². The van der Waals surface area contributed by atoms with E-state index in [0.717, 1.165) is 18.4 Å². The van der Waals surface area contributed by atoms with E-state index in [1.807, 2.05) is 6.92 Å². The minimum absolute atomic E-state index is 0.102. The molecule has 3 fully saturated rings. The zero-order chi connectivity index (χ0) is 16.4. The second-order valence-corrected chi connectivity index (χ2v) is 8.95. The van der Waals surface area contributed by atoms with E-state index in [0.29, 0.717) is 11.4 Å². The Balaban J connectivity index is 1.76. The van der Waals surface area contributed by atoms with Crippen LogP contribution in [0.1, 0.15) is 25.3 Å². The van der Waals surface area contributed by atoms with E-state index in [-0.39, 0.29) is 24.0 Å². The van der Waals surface area contributed by atoms with E-state index in [1.54, 1.807) is 24.3 Å². The van der Waals surface area contributed by atoms with Crippen molar-refractivity contribution >= 4 is 10.0 Å². The lowest BCUT2D eigenvalue weighted by atomic mass is 9.75. The first kappa shape index (κ1) is 15.1. The summed E-state index contributed by atoms with van der Waals surface area (Å²) in [6, 6.07) is 8.84. The van der Waals surface area contributed by atoms with Gasteiger partial charge in [-0.25, -0.2) is 8.42 Å². The summed E-state index contributed by atoms with van der Waals surface area (Å²) in [5.74, 6) is 0.448. The van der Waals surface area contributed by atoms with Crippen LogP contribution in [0, 0.1) is 30.1 Å². The van der Waals surface area contributed by atoms with Crippen molar-refractivity contribution in [1.29, 1.82) is 5.26 Å². The highest BCUT2D eigenvalue weighted by molar-refractivity contribution is 7.89. The van der Waals surface area contributed by atoms with Gasteiger partial charge >= 0.3 is 0 Å². The van der Waals surface area contributed by atoms with Gasteiger partial charge in [0, 0.05) is 6.54 Å². The average molecular weight is 332 g/mol. The van der Waals surface area contributed by atoms with Crippen molar-refractivity contribution in [2.45, 2.75) is 49.3 Å². The zero-order valence-corrected chi connectivity index (χ0v) is 14.1. The molecule has 0 N–H and O–H groups in total. The van der Waals surface area contributed by atoms with Crippen molar-refractivity contribution in [3.8, 4) is 6.07 Å². The summed E-state index contributed by atoms with van der Waals surface area (Å²) in [5, 5.41) is 9.62.